The standard InChI is InChI=1S/C11H15N/c1-9-7-8-10-5-3-4-6-11(10)12(9)2/h3,5-6,8-9H,4,7H2,1-2H3. The Bertz CT molecular complexity index is 271. The van der Waals surface area contributed by atoms with Crippen LogP contribution in [0.2, 0.25) is 0 Å². The summed E-state index contributed by atoms with van der Waals surface area (Å²) in [4.78, 5) is 2.37. The number of hydrogen-bond donors (Lipinski definition) is 0. The first-order chi connectivity index (χ1) is 5.79. The summed E-state index contributed by atoms with van der Waals surface area (Å²) in [7, 11) is 2.18. The van der Waals surface area contributed by atoms with Crippen LogP contribution in [0.3, 0.4) is 0 Å². The Morgan fingerprint density at radius 2 is 2.25 bits per heavy atom. The average Bonchev–Trinajstić information content (AvgIpc) is 2.12. The van der Waals surface area contributed by atoms with Gasteiger partial charge in [-0.15, -0.1) is 0 Å². The Balaban J connectivity index is 2.34. The Labute approximate surface area is 74.1 Å². The number of nitrogens with zero attached hydrogens (tertiary/aromatic N) is 1. The van der Waals surface area contributed by atoms with E-state index in [1.165, 1.54) is 17.7 Å². The van der Waals surface area contributed by atoms with Crippen LogP contribution in [-0.4, -0.2) is 18.0 Å². The van der Waals surface area contributed by atoms with Crippen LogP contribution < -0.4 is 0 Å². The second kappa shape index (κ2) is 2.81. The van der Waals surface area contributed by atoms with Gasteiger partial charge in [-0.3, -0.25) is 0 Å². The van der Waals surface area contributed by atoms with Gasteiger partial charge in [-0.2, -0.15) is 0 Å². The number of fused-ring (bicyclic) bond motifs is 1. The van der Waals surface area contributed by atoms with Gasteiger partial charge in [0.15, 0.2) is 0 Å². The molecule has 0 spiro atoms. The molecule has 0 aromatic carbocycles. The van der Waals surface area contributed by atoms with Gasteiger partial charge < -0.3 is 4.90 Å². The number of hydrogen-bond acceptors (Lipinski definition) is 1. The van der Waals surface area contributed by atoms with E-state index in [-0.39, 0.29) is 0 Å². The Kier molecular flexibility index (Phi) is 1.80. The lowest BCUT2D eigenvalue weighted by Gasteiger charge is -2.34. The molecule has 0 saturated carbocycles. The molecule has 2 rings (SSSR count). The second-order valence-corrected chi connectivity index (χ2v) is 3.58. The number of likely N-dealkylation sites (N-methyl/N-ethyl adjacent to an activating group) is 1. The molecule has 1 aliphatic heterocycles. The van der Waals surface area contributed by atoms with Gasteiger partial charge in [0.1, 0.15) is 0 Å². The third-order valence-corrected chi connectivity index (χ3v) is 2.76. The minimum atomic E-state index is 0.659. The zero-order valence-electron chi connectivity index (χ0n) is 7.75. The van der Waals surface area contributed by atoms with Crippen molar-refractivity contribution in [1.29, 1.82) is 0 Å². The fraction of sp³-hybridized carbons (Fsp3) is 0.455. The maximum atomic E-state index is 2.37. The van der Waals surface area contributed by atoms with Gasteiger partial charge in [0.25, 0.3) is 0 Å². The quantitative estimate of drug-likeness (QED) is 0.527. The van der Waals surface area contributed by atoms with Crippen molar-refractivity contribution in [1.82, 2.24) is 4.90 Å². The van der Waals surface area contributed by atoms with E-state index in [9.17, 15) is 0 Å². The normalized spacial score (nSPS) is 27.8. The lowest BCUT2D eigenvalue weighted by molar-refractivity contribution is 0.318. The van der Waals surface area contributed by atoms with E-state index < -0.39 is 0 Å². The first-order valence-electron chi connectivity index (χ1n) is 4.59. The predicted octanol–water partition coefficient (Wildman–Crippen LogP) is 2.48. The molecule has 0 amide bonds. The third kappa shape index (κ3) is 1.09. The molecule has 1 aliphatic carbocycles. The summed E-state index contributed by atoms with van der Waals surface area (Å²) in [5.74, 6) is 0. The highest BCUT2D eigenvalue weighted by atomic mass is 15.1. The smallest absolute Gasteiger partial charge is 0.0399 e. The summed E-state index contributed by atoms with van der Waals surface area (Å²) in [6.45, 7) is 2.27. The van der Waals surface area contributed by atoms with Gasteiger partial charge in [0.05, 0.1) is 0 Å². The van der Waals surface area contributed by atoms with E-state index >= 15 is 0 Å². The van der Waals surface area contributed by atoms with Gasteiger partial charge >= 0.3 is 0 Å². The largest absolute Gasteiger partial charge is 0.371 e. The fourth-order valence-corrected chi connectivity index (χ4v) is 1.79. The van der Waals surface area contributed by atoms with E-state index in [2.05, 4.69) is 43.2 Å². The molecule has 1 nitrogen and oxygen atoms in total. The van der Waals surface area contributed by atoms with Crippen LogP contribution >= 0.6 is 0 Å². The predicted molar refractivity (Wildman–Crippen MR) is 51.8 cm³/mol. The summed E-state index contributed by atoms with van der Waals surface area (Å²) in [5, 5.41) is 0. The van der Waals surface area contributed by atoms with Crippen LogP contribution in [0.4, 0.5) is 0 Å². The van der Waals surface area contributed by atoms with Crippen LogP contribution in [0, 0.1) is 0 Å². The minimum absolute atomic E-state index is 0.659. The maximum absolute atomic E-state index is 2.37. The highest BCUT2D eigenvalue weighted by Crippen LogP contribution is 2.28. The molecule has 1 heteroatoms. The zero-order valence-corrected chi connectivity index (χ0v) is 7.75. The first kappa shape index (κ1) is 7.66. The van der Waals surface area contributed by atoms with Crippen LogP contribution in [0.5, 0.6) is 0 Å². The van der Waals surface area contributed by atoms with Crippen molar-refractivity contribution in [2.75, 3.05) is 7.05 Å². The van der Waals surface area contributed by atoms with Crippen molar-refractivity contribution in [2.45, 2.75) is 25.8 Å². The molecule has 0 aromatic heterocycles. The van der Waals surface area contributed by atoms with E-state index in [4.69, 9.17) is 0 Å². The molecule has 0 N–H and O–H groups in total. The molecule has 12 heavy (non-hydrogen) atoms. The molecule has 64 valence electrons. The van der Waals surface area contributed by atoms with E-state index in [0.29, 0.717) is 6.04 Å². The molecule has 1 heterocycles. The van der Waals surface area contributed by atoms with E-state index in [0.717, 1.165) is 6.42 Å². The van der Waals surface area contributed by atoms with Crippen molar-refractivity contribution in [3.05, 3.63) is 35.6 Å². The highest BCUT2D eigenvalue weighted by molar-refractivity contribution is 5.44. The SMILES string of the molecule is CC1CC=C2C=CCC=C2N1C. The fourth-order valence-electron chi connectivity index (χ4n) is 1.79. The van der Waals surface area contributed by atoms with E-state index in [1.54, 1.807) is 0 Å². The monoisotopic (exact) mass is 161 g/mol. The first-order valence-corrected chi connectivity index (χ1v) is 4.59. The number of rotatable bonds is 0. The van der Waals surface area contributed by atoms with Crippen LogP contribution in [0.15, 0.2) is 35.6 Å². The maximum Gasteiger partial charge on any atom is 0.0399 e. The highest BCUT2D eigenvalue weighted by Gasteiger charge is 2.19. The lowest BCUT2D eigenvalue weighted by Crippen LogP contribution is -2.32. The Morgan fingerprint density at radius 3 is 3.08 bits per heavy atom. The van der Waals surface area contributed by atoms with Crippen LogP contribution in [-0.2, 0) is 0 Å². The molecule has 0 aromatic rings. The summed E-state index contributed by atoms with van der Waals surface area (Å²) in [5.41, 5.74) is 2.82. The summed E-state index contributed by atoms with van der Waals surface area (Å²) < 4.78 is 0. The van der Waals surface area contributed by atoms with Crippen molar-refractivity contribution >= 4 is 0 Å². The third-order valence-electron chi connectivity index (χ3n) is 2.76. The second-order valence-electron chi connectivity index (χ2n) is 3.58. The molecule has 1 atom stereocenters. The zero-order chi connectivity index (χ0) is 8.55. The molecule has 2 aliphatic rings. The molecule has 0 fully saturated rings. The lowest BCUT2D eigenvalue weighted by atomic mass is 9.96. The van der Waals surface area contributed by atoms with Crippen molar-refractivity contribution in [3.63, 3.8) is 0 Å². The van der Waals surface area contributed by atoms with E-state index in [1.807, 2.05) is 0 Å². The minimum Gasteiger partial charge on any atom is -0.371 e. The van der Waals surface area contributed by atoms with Crippen LogP contribution in [0.1, 0.15) is 19.8 Å². The van der Waals surface area contributed by atoms with Gasteiger partial charge in [-0.25, -0.2) is 0 Å². The van der Waals surface area contributed by atoms with Gasteiger partial charge in [0, 0.05) is 18.8 Å². The molecular formula is C11H15N. The molecule has 0 bridgehead atoms. The van der Waals surface area contributed by atoms with Crippen LogP contribution in [0.25, 0.3) is 0 Å². The molecule has 0 saturated heterocycles. The Hall–Kier alpha value is -0.980. The molecule has 0 radical (unpaired) electrons. The van der Waals surface area contributed by atoms with Gasteiger partial charge in [-0.1, -0.05) is 24.3 Å². The van der Waals surface area contributed by atoms with Gasteiger partial charge in [-0.05, 0) is 25.3 Å². The topological polar surface area (TPSA) is 3.24 Å². The Morgan fingerprint density at radius 1 is 1.42 bits per heavy atom. The summed E-state index contributed by atoms with van der Waals surface area (Å²) in [6.07, 6.45) is 11.4. The summed E-state index contributed by atoms with van der Waals surface area (Å²) >= 11 is 0. The van der Waals surface area contributed by atoms with Crippen molar-refractivity contribution < 1.29 is 0 Å². The van der Waals surface area contributed by atoms with Crippen molar-refractivity contribution in [3.8, 4) is 0 Å². The van der Waals surface area contributed by atoms with Crippen molar-refractivity contribution in [2.24, 2.45) is 0 Å². The van der Waals surface area contributed by atoms with Gasteiger partial charge in [0.2, 0.25) is 0 Å². The number of allylic oxidation sites excluding steroid dienone is 3. The molecule has 1 unspecified atom stereocenters. The summed E-state index contributed by atoms with van der Waals surface area (Å²) in [6, 6.07) is 0.659. The average molecular weight is 161 g/mol. The molecular weight excluding hydrogens is 146 g/mol.